The Labute approximate surface area is 53.9 Å². The van der Waals surface area contributed by atoms with Crippen LogP contribution in [0.25, 0.3) is 0 Å². The molecule has 0 saturated heterocycles. The highest BCUT2D eigenvalue weighted by atomic mass is 35.5. The van der Waals surface area contributed by atoms with E-state index in [9.17, 15) is 0 Å². The van der Waals surface area contributed by atoms with E-state index < -0.39 is 0 Å². The Kier molecular flexibility index (Phi) is 6.73. The summed E-state index contributed by atoms with van der Waals surface area (Å²) >= 11 is 7.08. The molecule has 7 heavy (non-hydrogen) atoms. The first-order valence-electron chi connectivity index (χ1n) is 2.15. The van der Waals surface area contributed by atoms with Gasteiger partial charge in [-0.2, -0.15) is 0 Å². The number of thioether (sulfide) groups is 1. The fourth-order valence-corrected chi connectivity index (χ4v) is 0.682. The third kappa shape index (κ3) is 6.38. The maximum atomic E-state index is 5.38. The standard InChI is InChI=1S/C5H9ClS/c1-7-5-3-2-4-6/h3,5H,2,4H2,1H3. The average Bonchev–Trinajstić information content (AvgIpc) is 1.69. The molecular formula is C5H9ClS. The van der Waals surface area contributed by atoms with E-state index in [0.717, 1.165) is 12.3 Å². The number of hydrogen-bond acceptors (Lipinski definition) is 1. The molecule has 0 rings (SSSR count). The number of allylic oxidation sites excluding steroid dienone is 1. The van der Waals surface area contributed by atoms with Crippen LogP contribution in [0.15, 0.2) is 11.5 Å². The monoisotopic (exact) mass is 136 g/mol. The Morgan fingerprint density at radius 3 is 2.86 bits per heavy atom. The van der Waals surface area contributed by atoms with Crippen LogP contribution in [0.3, 0.4) is 0 Å². The lowest BCUT2D eigenvalue weighted by molar-refractivity contribution is 1.24. The topological polar surface area (TPSA) is 0 Å². The largest absolute Gasteiger partial charge is 0.138 e. The van der Waals surface area contributed by atoms with Gasteiger partial charge >= 0.3 is 0 Å². The summed E-state index contributed by atoms with van der Waals surface area (Å²) in [6, 6.07) is 0. The van der Waals surface area contributed by atoms with Crippen molar-refractivity contribution in [1.29, 1.82) is 0 Å². The fraction of sp³-hybridized carbons (Fsp3) is 0.600. The van der Waals surface area contributed by atoms with E-state index in [4.69, 9.17) is 11.6 Å². The molecule has 0 bridgehead atoms. The van der Waals surface area contributed by atoms with Crippen molar-refractivity contribution >= 4 is 23.4 Å². The number of halogens is 1. The third-order valence-corrected chi connectivity index (χ3v) is 1.19. The van der Waals surface area contributed by atoms with Gasteiger partial charge in [-0.15, -0.1) is 23.4 Å². The lowest BCUT2D eigenvalue weighted by Crippen LogP contribution is -1.62. The van der Waals surface area contributed by atoms with Crippen LogP contribution in [-0.2, 0) is 0 Å². The Morgan fingerprint density at radius 2 is 2.43 bits per heavy atom. The lowest BCUT2D eigenvalue weighted by atomic mass is 10.5. The van der Waals surface area contributed by atoms with Crippen LogP contribution in [0.4, 0.5) is 0 Å². The Morgan fingerprint density at radius 1 is 1.71 bits per heavy atom. The quantitative estimate of drug-likeness (QED) is 0.538. The molecule has 0 radical (unpaired) electrons. The van der Waals surface area contributed by atoms with Gasteiger partial charge in [-0.1, -0.05) is 6.08 Å². The van der Waals surface area contributed by atoms with Crippen LogP contribution in [-0.4, -0.2) is 12.1 Å². The van der Waals surface area contributed by atoms with Gasteiger partial charge in [-0.3, -0.25) is 0 Å². The van der Waals surface area contributed by atoms with Crippen LogP contribution < -0.4 is 0 Å². The zero-order valence-corrected chi connectivity index (χ0v) is 5.93. The maximum absolute atomic E-state index is 5.38. The number of alkyl halides is 1. The zero-order chi connectivity index (χ0) is 5.54. The molecule has 0 unspecified atom stereocenters. The molecular weight excluding hydrogens is 128 g/mol. The molecule has 0 nitrogen and oxygen atoms in total. The summed E-state index contributed by atoms with van der Waals surface area (Å²) in [6.45, 7) is 0. The van der Waals surface area contributed by atoms with E-state index in [1.807, 2.05) is 11.7 Å². The second kappa shape index (κ2) is 6.38. The van der Waals surface area contributed by atoms with Crippen molar-refractivity contribution in [3.63, 3.8) is 0 Å². The highest BCUT2D eigenvalue weighted by Crippen LogP contribution is 1.95. The van der Waals surface area contributed by atoms with E-state index in [0.29, 0.717) is 0 Å². The van der Waals surface area contributed by atoms with Gasteiger partial charge < -0.3 is 0 Å². The van der Waals surface area contributed by atoms with Gasteiger partial charge in [0, 0.05) is 5.88 Å². The Balaban J connectivity index is 2.78. The molecule has 0 aromatic heterocycles. The molecule has 0 aromatic carbocycles. The summed E-state index contributed by atoms with van der Waals surface area (Å²) in [5.41, 5.74) is 0. The highest BCUT2D eigenvalue weighted by molar-refractivity contribution is 8.01. The van der Waals surface area contributed by atoms with E-state index in [1.165, 1.54) is 0 Å². The lowest BCUT2D eigenvalue weighted by Gasteiger charge is -1.78. The van der Waals surface area contributed by atoms with Gasteiger partial charge in [-0.25, -0.2) is 0 Å². The van der Waals surface area contributed by atoms with E-state index in [1.54, 1.807) is 11.8 Å². The molecule has 0 amide bonds. The van der Waals surface area contributed by atoms with Crippen molar-refractivity contribution in [3.05, 3.63) is 11.5 Å². The Bertz CT molecular complexity index is 52.0. The summed E-state index contributed by atoms with van der Waals surface area (Å²) in [5, 5.41) is 2.04. The fourth-order valence-electron chi connectivity index (χ4n) is 0.227. The van der Waals surface area contributed by atoms with Crippen LogP contribution in [0.2, 0.25) is 0 Å². The Hall–Kier alpha value is 0.380. The molecule has 2 heteroatoms. The summed E-state index contributed by atoms with van der Waals surface area (Å²) in [7, 11) is 0. The van der Waals surface area contributed by atoms with Crippen LogP contribution in [0.5, 0.6) is 0 Å². The van der Waals surface area contributed by atoms with Crippen molar-refractivity contribution in [2.45, 2.75) is 6.42 Å². The SMILES string of the molecule is CSC=CCCCl. The predicted octanol–water partition coefficient (Wildman–Crippen LogP) is 2.49. The minimum Gasteiger partial charge on any atom is -0.138 e. The van der Waals surface area contributed by atoms with E-state index in [2.05, 4.69) is 6.08 Å². The van der Waals surface area contributed by atoms with Crippen molar-refractivity contribution < 1.29 is 0 Å². The molecule has 0 aliphatic heterocycles. The highest BCUT2D eigenvalue weighted by Gasteiger charge is 1.70. The summed E-state index contributed by atoms with van der Waals surface area (Å²) in [6.07, 6.45) is 5.09. The van der Waals surface area contributed by atoms with E-state index in [-0.39, 0.29) is 0 Å². The van der Waals surface area contributed by atoms with Crippen LogP contribution in [0.1, 0.15) is 6.42 Å². The summed E-state index contributed by atoms with van der Waals surface area (Å²) < 4.78 is 0. The van der Waals surface area contributed by atoms with Gasteiger partial charge in [0.2, 0.25) is 0 Å². The average molecular weight is 137 g/mol. The minimum atomic E-state index is 0.733. The maximum Gasteiger partial charge on any atom is 0.0258 e. The zero-order valence-electron chi connectivity index (χ0n) is 4.36. The molecule has 0 N–H and O–H groups in total. The second-order valence-corrected chi connectivity index (χ2v) is 2.21. The molecule has 0 fully saturated rings. The van der Waals surface area contributed by atoms with Gasteiger partial charge in [-0.05, 0) is 18.1 Å². The second-order valence-electron chi connectivity index (χ2n) is 1.09. The molecule has 42 valence electrons. The first kappa shape index (κ1) is 7.38. The molecule has 0 aromatic rings. The smallest absolute Gasteiger partial charge is 0.0258 e. The van der Waals surface area contributed by atoms with Gasteiger partial charge in [0.05, 0.1) is 0 Å². The van der Waals surface area contributed by atoms with Crippen LogP contribution in [0, 0.1) is 0 Å². The third-order valence-electron chi connectivity index (χ3n) is 0.508. The van der Waals surface area contributed by atoms with Crippen molar-refractivity contribution in [1.82, 2.24) is 0 Å². The molecule has 0 atom stereocenters. The molecule has 0 aliphatic carbocycles. The predicted molar refractivity (Wildman–Crippen MR) is 38.0 cm³/mol. The van der Waals surface area contributed by atoms with Crippen LogP contribution >= 0.6 is 23.4 Å². The van der Waals surface area contributed by atoms with Gasteiger partial charge in [0.15, 0.2) is 0 Å². The summed E-state index contributed by atoms with van der Waals surface area (Å²) in [5.74, 6) is 0.733. The van der Waals surface area contributed by atoms with Crippen molar-refractivity contribution in [2.75, 3.05) is 12.1 Å². The normalized spacial score (nSPS) is 10.6. The first-order chi connectivity index (χ1) is 3.41. The molecule has 0 heterocycles. The molecule has 0 saturated carbocycles. The minimum absolute atomic E-state index is 0.733. The van der Waals surface area contributed by atoms with E-state index >= 15 is 0 Å². The molecule has 0 spiro atoms. The van der Waals surface area contributed by atoms with Gasteiger partial charge in [0.1, 0.15) is 0 Å². The van der Waals surface area contributed by atoms with Crippen molar-refractivity contribution in [3.8, 4) is 0 Å². The first-order valence-corrected chi connectivity index (χ1v) is 3.98. The van der Waals surface area contributed by atoms with Crippen molar-refractivity contribution in [2.24, 2.45) is 0 Å². The summed E-state index contributed by atoms with van der Waals surface area (Å²) in [4.78, 5) is 0. The number of rotatable bonds is 3. The molecule has 0 aliphatic rings. The number of hydrogen-bond donors (Lipinski definition) is 0. The van der Waals surface area contributed by atoms with Gasteiger partial charge in [0.25, 0.3) is 0 Å².